The molecular weight excluding hydrogens is 344 g/mol. The van der Waals surface area contributed by atoms with Gasteiger partial charge in [0.2, 0.25) is 6.79 Å². The number of hydrogen-bond donors (Lipinski definition) is 0. The highest BCUT2D eigenvalue weighted by atomic mass is 16.7. The minimum absolute atomic E-state index is 0.191. The van der Waals surface area contributed by atoms with E-state index < -0.39 is 0 Å². The first-order valence-electron chi connectivity index (χ1n) is 9.81. The third kappa shape index (κ3) is 4.03. The van der Waals surface area contributed by atoms with E-state index in [1.165, 1.54) is 12.8 Å². The van der Waals surface area contributed by atoms with Crippen LogP contribution in [0, 0.1) is 5.92 Å². The summed E-state index contributed by atoms with van der Waals surface area (Å²) in [5, 5.41) is 4.73. The van der Waals surface area contributed by atoms with Gasteiger partial charge < -0.3 is 19.1 Å². The Kier molecular flexibility index (Phi) is 5.20. The van der Waals surface area contributed by atoms with E-state index in [0.29, 0.717) is 5.92 Å². The Morgan fingerprint density at radius 2 is 2.00 bits per heavy atom. The molecule has 0 spiro atoms. The quantitative estimate of drug-likeness (QED) is 0.777. The summed E-state index contributed by atoms with van der Waals surface area (Å²) >= 11 is 0. The third-order valence-electron chi connectivity index (χ3n) is 5.37. The number of ether oxygens (including phenoxy) is 3. The first-order chi connectivity index (χ1) is 13.1. The molecule has 0 aliphatic carbocycles. The van der Waals surface area contributed by atoms with Crippen molar-refractivity contribution in [2.24, 2.45) is 5.92 Å². The van der Waals surface area contributed by atoms with Crippen LogP contribution in [0.5, 0.6) is 17.2 Å². The van der Waals surface area contributed by atoms with Crippen molar-refractivity contribution in [3.05, 3.63) is 29.8 Å². The van der Waals surface area contributed by atoms with Crippen LogP contribution in [0.1, 0.15) is 44.4 Å². The fraction of sp³-hybridized carbons (Fsp3) is 0.600. The largest absolute Gasteiger partial charge is 0.483 e. The molecule has 4 rings (SSSR count). The molecular formula is C20H28N4O3. The van der Waals surface area contributed by atoms with Gasteiger partial charge in [0.25, 0.3) is 0 Å². The first-order valence-corrected chi connectivity index (χ1v) is 9.81. The number of rotatable bonds is 6. The number of likely N-dealkylation sites (tertiary alicyclic amines) is 1. The zero-order chi connectivity index (χ0) is 18.8. The molecule has 1 atom stereocenters. The van der Waals surface area contributed by atoms with Gasteiger partial charge in [-0.25, -0.2) is 9.67 Å². The topological polar surface area (TPSA) is 61.6 Å². The van der Waals surface area contributed by atoms with E-state index in [4.69, 9.17) is 24.3 Å². The summed E-state index contributed by atoms with van der Waals surface area (Å²) in [6.07, 6.45) is 3.19. The molecule has 0 radical (unpaired) electrons. The monoisotopic (exact) mass is 372 g/mol. The number of fused-ring (bicyclic) bond motifs is 1. The molecule has 0 amide bonds. The highest BCUT2D eigenvalue weighted by Gasteiger charge is 2.23. The Labute approximate surface area is 160 Å². The van der Waals surface area contributed by atoms with Crippen molar-refractivity contribution in [1.29, 1.82) is 0 Å². The van der Waals surface area contributed by atoms with Gasteiger partial charge in [0.1, 0.15) is 5.75 Å². The van der Waals surface area contributed by atoms with E-state index in [2.05, 4.69) is 18.9 Å². The predicted molar refractivity (Wildman–Crippen MR) is 101 cm³/mol. The van der Waals surface area contributed by atoms with Crippen molar-refractivity contribution in [3.8, 4) is 17.2 Å². The van der Waals surface area contributed by atoms with Gasteiger partial charge in [-0.05, 0) is 64.9 Å². The van der Waals surface area contributed by atoms with Crippen molar-refractivity contribution in [2.45, 2.75) is 45.8 Å². The zero-order valence-corrected chi connectivity index (χ0v) is 16.4. The second-order valence-electron chi connectivity index (χ2n) is 7.43. The van der Waals surface area contributed by atoms with Crippen LogP contribution < -0.4 is 14.2 Å². The van der Waals surface area contributed by atoms with Crippen LogP contribution in [0.15, 0.2) is 18.2 Å². The molecule has 146 valence electrons. The Hall–Kier alpha value is -2.28. The fourth-order valence-corrected chi connectivity index (χ4v) is 3.75. The van der Waals surface area contributed by atoms with Crippen LogP contribution in [0.2, 0.25) is 0 Å². The van der Waals surface area contributed by atoms with Gasteiger partial charge in [0.05, 0.1) is 0 Å². The second-order valence-corrected chi connectivity index (χ2v) is 7.43. The van der Waals surface area contributed by atoms with E-state index in [1.807, 2.05) is 29.8 Å². The van der Waals surface area contributed by atoms with Gasteiger partial charge >= 0.3 is 0 Å². The van der Waals surface area contributed by atoms with Crippen LogP contribution in [0.25, 0.3) is 0 Å². The Morgan fingerprint density at radius 1 is 1.22 bits per heavy atom. The highest BCUT2D eigenvalue weighted by Crippen LogP contribution is 2.36. The molecule has 0 bridgehead atoms. The van der Waals surface area contributed by atoms with E-state index in [0.717, 1.165) is 55.0 Å². The number of aryl methyl sites for hydroxylation is 1. The van der Waals surface area contributed by atoms with Crippen molar-refractivity contribution in [1.82, 2.24) is 19.7 Å². The second kappa shape index (κ2) is 7.76. The molecule has 0 unspecified atom stereocenters. The Balaban J connectivity index is 1.45. The average Bonchev–Trinajstić information content (AvgIpc) is 3.29. The van der Waals surface area contributed by atoms with Crippen LogP contribution in [0.3, 0.4) is 0 Å². The number of benzene rings is 1. The molecule has 2 aliphatic heterocycles. The molecule has 7 heteroatoms. The van der Waals surface area contributed by atoms with Crippen molar-refractivity contribution in [3.63, 3.8) is 0 Å². The standard InChI is InChI=1S/C20H28N4O3/c1-4-24-20(21-19(22-24)11-15-7-9-23(3)10-8-15)14(2)27-16-5-6-17-18(12-16)26-13-25-17/h5-6,12,14-15H,4,7-11,13H2,1-3H3/t14-/m0/s1. The normalized spacial score (nSPS) is 18.6. The lowest BCUT2D eigenvalue weighted by atomic mass is 9.94. The van der Waals surface area contributed by atoms with Gasteiger partial charge in [-0.15, -0.1) is 0 Å². The fourth-order valence-electron chi connectivity index (χ4n) is 3.75. The summed E-state index contributed by atoms with van der Waals surface area (Å²) in [5.74, 6) is 4.70. The average molecular weight is 372 g/mol. The maximum Gasteiger partial charge on any atom is 0.231 e. The minimum atomic E-state index is -0.191. The maximum atomic E-state index is 6.12. The number of nitrogens with zero attached hydrogens (tertiary/aromatic N) is 4. The van der Waals surface area contributed by atoms with Crippen LogP contribution in [-0.4, -0.2) is 46.6 Å². The lowest BCUT2D eigenvalue weighted by Crippen LogP contribution is -2.31. The smallest absolute Gasteiger partial charge is 0.231 e. The van der Waals surface area contributed by atoms with Crippen molar-refractivity contribution in [2.75, 3.05) is 26.9 Å². The third-order valence-corrected chi connectivity index (χ3v) is 5.37. The molecule has 1 saturated heterocycles. The summed E-state index contributed by atoms with van der Waals surface area (Å²) in [4.78, 5) is 7.21. The lowest BCUT2D eigenvalue weighted by Gasteiger charge is -2.28. The first kappa shape index (κ1) is 18.1. The molecule has 2 aromatic rings. The molecule has 7 nitrogen and oxygen atoms in total. The summed E-state index contributed by atoms with van der Waals surface area (Å²) in [6, 6.07) is 5.64. The molecule has 2 aliphatic rings. The molecule has 1 aromatic carbocycles. The summed E-state index contributed by atoms with van der Waals surface area (Å²) < 4.78 is 18.9. The SMILES string of the molecule is CCn1nc(CC2CCN(C)CC2)nc1[C@H](C)Oc1ccc2c(c1)OCO2. The van der Waals surface area contributed by atoms with E-state index in [1.54, 1.807) is 0 Å². The highest BCUT2D eigenvalue weighted by molar-refractivity contribution is 5.46. The number of aromatic nitrogens is 3. The van der Waals surface area contributed by atoms with Crippen molar-refractivity contribution >= 4 is 0 Å². The Bertz CT molecular complexity index is 784. The predicted octanol–water partition coefficient (Wildman–Crippen LogP) is 3.05. The Morgan fingerprint density at radius 3 is 2.78 bits per heavy atom. The number of piperidine rings is 1. The van der Waals surface area contributed by atoms with Crippen LogP contribution in [0.4, 0.5) is 0 Å². The van der Waals surface area contributed by atoms with Crippen LogP contribution >= 0.6 is 0 Å². The molecule has 3 heterocycles. The van der Waals surface area contributed by atoms with Gasteiger partial charge in [0, 0.05) is 19.0 Å². The van der Waals surface area contributed by atoms with E-state index in [9.17, 15) is 0 Å². The van der Waals surface area contributed by atoms with Gasteiger partial charge in [0.15, 0.2) is 29.3 Å². The summed E-state index contributed by atoms with van der Waals surface area (Å²) in [6.45, 7) is 7.47. The van der Waals surface area contributed by atoms with Gasteiger partial charge in [-0.1, -0.05) is 0 Å². The molecule has 1 aromatic heterocycles. The summed E-state index contributed by atoms with van der Waals surface area (Å²) in [5.41, 5.74) is 0. The minimum Gasteiger partial charge on any atom is -0.483 e. The molecule has 27 heavy (non-hydrogen) atoms. The molecule has 0 N–H and O–H groups in total. The molecule has 0 saturated carbocycles. The summed E-state index contributed by atoms with van der Waals surface area (Å²) in [7, 11) is 2.19. The van der Waals surface area contributed by atoms with Gasteiger partial charge in [-0.3, -0.25) is 0 Å². The lowest BCUT2D eigenvalue weighted by molar-refractivity contribution is 0.173. The van der Waals surface area contributed by atoms with E-state index in [-0.39, 0.29) is 12.9 Å². The molecule has 1 fully saturated rings. The van der Waals surface area contributed by atoms with Crippen LogP contribution in [-0.2, 0) is 13.0 Å². The van der Waals surface area contributed by atoms with Gasteiger partial charge in [-0.2, -0.15) is 5.10 Å². The maximum absolute atomic E-state index is 6.12. The van der Waals surface area contributed by atoms with E-state index >= 15 is 0 Å². The van der Waals surface area contributed by atoms with Crippen molar-refractivity contribution < 1.29 is 14.2 Å². The zero-order valence-electron chi connectivity index (χ0n) is 16.4. The number of hydrogen-bond acceptors (Lipinski definition) is 6.